The van der Waals surface area contributed by atoms with Gasteiger partial charge in [-0.3, -0.25) is 9.59 Å². The lowest BCUT2D eigenvalue weighted by molar-refractivity contribution is -0.142. The van der Waals surface area contributed by atoms with Crippen molar-refractivity contribution in [1.29, 1.82) is 0 Å². The number of thioether (sulfide) groups is 1. The SMILES string of the molecule is CC(C)C[C@H](NC(=O)CSCC(=O)O)C(=O)O. The van der Waals surface area contributed by atoms with Crippen LogP contribution in [-0.4, -0.2) is 45.6 Å². The summed E-state index contributed by atoms with van der Waals surface area (Å²) >= 11 is 0.938. The summed E-state index contributed by atoms with van der Waals surface area (Å²) < 4.78 is 0. The fraction of sp³-hybridized carbons (Fsp3) is 0.700. The molecule has 0 bridgehead atoms. The van der Waals surface area contributed by atoms with Crippen LogP contribution in [0.2, 0.25) is 0 Å². The van der Waals surface area contributed by atoms with Crippen LogP contribution in [0.1, 0.15) is 20.3 Å². The van der Waals surface area contributed by atoms with Crippen molar-refractivity contribution in [2.24, 2.45) is 5.92 Å². The number of nitrogens with one attached hydrogen (secondary N) is 1. The molecule has 0 spiro atoms. The molecule has 0 rings (SSSR count). The zero-order chi connectivity index (χ0) is 13.4. The molecular formula is C10H17NO5S. The van der Waals surface area contributed by atoms with Gasteiger partial charge in [-0.05, 0) is 12.3 Å². The molecule has 0 heterocycles. The van der Waals surface area contributed by atoms with Gasteiger partial charge in [-0.25, -0.2) is 4.79 Å². The van der Waals surface area contributed by atoms with Gasteiger partial charge in [0.25, 0.3) is 0 Å². The van der Waals surface area contributed by atoms with E-state index in [0.29, 0.717) is 6.42 Å². The number of carbonyl (C=O) groups excluding carboxylic acids is 1. The van der Waals surface area contributed by atoms with Crippen LogP contribution in [0.25, 0.3) is 0 Å². The van der Waals surface area contributed by atoms with Crippen molar-refractivity contribution in [2.45, 2.75) is 26.3 Å². The monoisotopic (exact) mass is 263 g/mol. The van der Waals surface area contributed by atoms with Crippen molar-refractivity contribution < 1.29 is 24.6 Å². The van der Waals surface area contributed by atoms with Crippen LogP contribution in [0.4, 0.5) is 0 Å². The Morgan fingerprint density at radius 3 is 2.18 bits per heavy atom. The van der Waals surface area contributed by atoms with Gasteiger partial charge in [0.05, 0.1) is 11.5 Å². The Morgan fingerprint density at radius 2 is 1.76 bits per heavy atom. The zero-order valence-corrected chi connectivity index (χ0v) is 10.6. The van der Waals surface area contributed by atoms with Crippen LogP contribution in [0.5, 0.6) is 0 Å². The molecular weight excluding hydrogens is 246 g/mol. The van der Waals surface area contributed by atoms with Gasteiger partial charge in [0.2, 0.25) is 5.91 Å². The number of carbonyl (C=O) groups is 3. The number of aliphatic carboxylic acids is 2. The second-order valence-corrected chi connectivity index (χ2v) is 4.96. The van der Waals surface area contributed by atoms with Gasteiger partial charge in [-0.15, -0.1) is 11.8 Å². The number of hydrogen-bond acceptors (Lipinski definition) is 4. The van der Waals surface area contributed by atoms with Crippen molar-refractivity contribution in [3.8, 4) is 0 Å². The van der Waals surface area contributed by atoms with E-state index >= 15 is 0 Å². The van der Waals surface area contributed by atoms with E-state index in [2.05, 4.69) is 5.32 Å². The first-order valence-electron chi connectivity index (χ1n) is 5.14. The zero-order valence-electron chi connectivity index (χ0n) is 9.80. The van der Waals surface area contributed by atoms with Gasteiger partial charge in [-0.2, -0.15) is 0 Å². The summed E-state index contributed by atoms with van der Waals surface area (Å²) in [5.74, 6) is -2.59. The van der Waals surface area contributed by atoms with Crippen molar-refractivity contribution in [3.05, 3.63) is 0 Å². The minimum Gasteiger partial charge on any atom is -0.481 e. The second kappa shape index (κ2) is 7.94. The summed E-state index contributed by atoms with van der Waals surface area (Å²) in [7, 11) is 0. The first-order chi connectivity index (χ1) is 7.82. The molecule has 0 aliphatic carbocycles. The summed E-state index contributed by atoms with van der Waals surface area (Å²) in [5, 5.41) is 19.6. The quantitative estimate of drug-likeness (QED) is 0.586. The topological polar surface area (TPSA) is 104 Å². The molecule has 0 unspecified atom stereocenters. The molecule has 0 aromatic carbocycles. The lowest BCUT2D eigenvalue weighted by Gasteiger charge is -2.16. The molecule has 1 amide bonds. The minimum atomic E-state index is -1.07. The molecule has 1 atom stereocenters. The second-order valence-electron chi connectivity index (χ2n) is 3.97. The average Bonchev–Trinajstić information content (AvgIpc) is 2.15. The smallest absolute Gasteiger partial charge is 0.326 e. The highest BCUT2D eigenvalue weighted by Crippen LogP contribution is 2.06. The number of amides is 1. The predicted octanol–water partition coefficient (Wildman–Crippen LogP) is 0.420. The van der Waals surface area contributed by atoms with E-state index in [0.717, 1.165) is 11.8 Å². The largest absolute Gasteiger partial charge is 0.481 e. The summed E-state index contributed by atoms with van der Waals surface area (Å²) in [6.45, 7) is 3.72. The maximum absolute atomic E-state index is 11.3. The molecule has 0 fully saturated rings. The Kier molecular flexibility index (Phi) is 7.36. The molecule has 6 nitrogen and oxygen atoms in total. The number of carboxylic acids is 2. The third kappa shape index (κ3) is 8.56. The van der Waals surface area contributed by atoms with Crippen LogP contribution >= 0.6 is 11.8 Å². The molecule has 0 saturated heterocycles. The summed E-state index contributed by atoms with van der Waals surface area (Å²) in [5.41, 5.74) is 0. The Labute approximate surface area is 104 Å². The number of rotatable bonds is 8. The Balaban J connectivity index is 4.04. The van der Waals surface area contributed by atoms with Gasteiger partial charge in [0.1, 0.15) is 6.04 Å². The maximum Gasteiger partial charge on any atom is 0.326 e. The highest BCUT2D eigenvalue weighted by atomic mass is 32.2. The fourth-order valence-electron chi connectivity index (χ4n) is 1.16. The lowest BCUT2D eigenvalue weighted by atomic mass is 10.0. The van der Waals surface area contributed by atoms with Crippen LogP contribution in [-0.2, 0) is 14.4 Å². The molecule has 3 N–H and O–H groups in total. The molecule has 17 heavy (non-hydrogen) atoms. The molecule has 0 aromatic rings. The summed E-state index contributed by atoms with van der Waals surface area (Å²) in [6.07, 6.45) is 0.352. The Morgan fingerprint density at radius 1 is 1.18 bits per heavy atom. The van der Waals surface area contributed by atoms with Crippen molar-refractivity contribution in [3.63, 3.8) is 0 Å². The highest BCUT2D eigenvalue weighted by molar-refractivity contribution is 8.00. The number of hydrogen-bond donors (Lipinski definition) is 3. The average molecular weight is 263 g/mol. The maximum atomic E-state index is 11.3. The first kappa shape index (κ1) is 15.8. The van der Waals surface area contributed by atoms with Crippen molar-refractivity contribution >= 4 is 29.6 Å². The van der Waals surface area contributed by atoms with Crippen LogP contribution in [0, 0.1) is 5.92 Å². The van der Waals surface area contributed by atoms with E-state index in [1.165, 1.54) is 0 Å². The molecule has 0 aliphatic heterocycles. The van der Waals surface area contributed by atoms with Crippen molar-refractivity contribution in [2.75, 3.05) is 11.5 Å². The van der Waals surface area contributed by atoms with Gasteiger partial charge in [0, 0.05) is 0 Å². The van der Waals surface area contributed by atoms with E-state index in [4.69, 9.17) is 10.2 Å². The minimum absolute atomic E-state index is 0.0474. The van der Waals surface area contributed by atoms with E-state index in [1.807, 2.05) is 13.8 Å². The molecule has 98 valence electrons. The standard InChI is InChI=1S/C10H17NO5S/c1-6(2)3-7(10(15)16)11-8(12)4-17-5-9(13)14/h6-7H,3-5H2,1-2H3,(H,11,12)(H,13,14)(H,15,16)/t7-/m0/s1. The van der Waals surface area contributed by atoms with Crippen LogP contribution in [0.3, 0.4) is 0 Å². The Bertz CT molecular complexity index is 292. The molecule has 0 saturated carbocycles. The normalized spacial score (nSPS) is 12.2. The van der Waals surface area contributed by atoms with Gasteiger partial charge >= 0.3 is 11.9 Å². The van der Waals surface area contributed by atoms with Crippen LogP contribution in [0.15, 0.2) is 0 Å². The van der Waals surface area contributed by atoms with Crippen LogP contribution < -0.4 is 5.32 Å². The molecule has 0 radical (unpaired) electrons. The first-order valence-corrected chi connectivity index (χ1v) is 6.30. The van der Waals surface area contributed by atoms with E-state index < -0.39 is 23.9 Å². The summed E-state index contributed by atoms with van der Waals surface area (Å²) in [4.78, 5) is 32.4. The lowest BCUT2D eigenvalue weighted by Crippen LogP contribution is -2.42. The number of carboxylic acid groups (broad SMARTS) is 2. The summed E-state index contributed by atoms with van der Waals surface area (Å²) in [6, 6.07) is -0.909. The van der Waals surface area contributed by atoms with E-state index in [-0.39, 0.29) is 17.4 Å². The van der Waals surface area contributed by atoms with E-state index in [1.54, 1.807) is 0 Å². The molecule has 7 heteroatoms. The van der Waals surface area contributed by atoms with Gasteiger partial charge < -0.3 is 15.5 Å². The predicted molar refractivity (Wildman–Crippen MR) is 64.0 cm³/mol. The fourth-order valence-corrected chi connectivity index (χ4v) is 1.71. The van der Waals surface area contributed by atoms with E-state index in [9.17, 15) is 14.4 Å². The van der Waals surface area contributed by atoms with Crippen molar-refractivity contribution in [1.82, 2.24) is 5.32 Å². The molecule has 0 aliphatic rings. The van der Waals surface area contributed by atoms with Gasteiger partial charge in [0.15, 0.2) is 0 Å². The highest BCUT2D eigenvalue weighted by Gasteiger charge is 2.20. The Hall–Kier alpha value is -1.24. The third-order valence-corrected chi connectivity index (χ3v) is 2.72. The van der Waals surface area contributed by atoms with Gasteiger partial charge in [-0.1, -0.05) is 13.8 Å². The molecule has 0 aromatic heterocycles. The third-order valence-electron chi connectivity index (χ3n) is 1.80.